The minimum Gasteiger partial charge on any atom is -0.459 e. The van der Waals surface area contributed by atoms with E-state index in [1.807, 2.05) is 0 Å². The van der Waals surface area contributed by atoms with Gasteiger partial charge in [0.2, 0.25) is 0 Å². The van der Waals surface area contributed by atoms with Gasteiger partial charge >= 0.3 is 5.97 Å². The van der Waals surface area contributed by atoms with Crippen molar-refractivity contribution in [3.05, 3.63) is 52.1 Å². The molecule has 0 radical (unpaired) electrons. The highest BCUT2D eigenvalue weighted by molar-refractivity contribution is 5.94. The van der Waals surface area contributed by atoms with Crippen LogP contribution < -0.4 is 0 Å². The zero-order valence-corrected chi connectivity index (χ0v) is 12.8. The van der Waals surface area contributed by atoms with Crippen LogP contribution in [0.15, 0.2) is 36.4 Å². The van der Waals surface area contributed by atoms with E-state index in [0.29, 0.717) is 25.7 Å². The molecule has 0 N–H and O–H groups in total. The smallest absolute Gasteiger partial charge is 0.345 e. The molecular weight excluding hydrogens is 298 g/mol. The van der Waals surface area contributed by atoms with E-state index >= 15 is 0 Å². The van der Waals surface area contributed by atoms with Crippen molar-refractivity contribution in [1.82, 2.24) is 0 Å². The van der Waals surface area contributed by atoms with Crippen LogP contribution in [0.1, 0.15) is 48.9 Å². The number of hydrogen-bond acceptors (Lipinski definition) is 5. The normalized spacial score (nSPS) is 20.5. The first-order valence-electron chi connectivity index (χ1n) is 7.71. The lowest BCUT2D eigenvalue weighted by atomic mass is 10.0. The van der Waals surface area contributed by atoms with Crippen LogP contribution in [0.2, 0.25) is 0 Å². The van der Waals surface area contributed by atoms with E-state index in [-0.39, 0.29) is 23.1 Å². The summed E-state index contributed by atoms with van der Waals surface area (Å²) in [6.07, 6.45) is 7.02. The van der Waals surface area contributed by atoms with Crippen LogP contribution in [0, 0.1) is 10.1 Å². The second kappa shape index (κ2) is 8.22. The van der Waals surface area contributed by atoms with E-state index in [1.54, 1.807) is 18.2 Å². The van der Waals surface area contributed by atoms with Gasteiger partial charge in [-0.1, -0.05) is 18.2 Å². The molecule has 0 amide bonds. The fourth-order valence-electron chi connectivity index (χ4n) is 2.53. The van der Waals surface area contributed by atoms with E-state index in [1.165, 1.54) is 18.2 Å². The summed E-state index contributed by atoms with van der Waals surface area (Å²) in [5.74, 6) is -0.542. The molecule has 2 rings (SSSR count). The summed E-state index contributed by atoms with van der Waals surface area (Å²) >= 11 is 0. The topological polar surface area (TPSA) is 86.5 Å². The van der Waals surface area contributed by atoms with Crippen molar-refractivity contribution in [3.63, 3.8) is 0 Å². The molecule has 0 fully saturated rings. The molecule has 23 heavy (non-hydrogen) atoms. The number of carbonyl (C=O) groups is 2. The number of hydrogen-bond donors (Lipinski definition) is 0. The van der Waals surface area contributed by atoms with E-state index in [9.17, 15) is 19.7 Å². The number of ether oxygens (including phenoxy) is 1. The summed E-state index contributed by atoms with van der Waals surface area (Å²) < 4.78 is 5.46. The first kappa shape index (κ1) is 16.9. The fourth-order valence-corrected chi connectivity index (χ4v) is 2.53. The van der Waals surface area contributed by atoms with Crippen LogP contribution in [0.25, 0.3) is 0 Å². The fraction of sp³-hybridized carbons (Fsp3) is 0.412. The first-order chi connectivity index (χ1) is 11.1. The van der Waals surface area contributed by atoms with Crippen LogP contribution in [0.5, 0.6) is 0 Å². The largest absolute Gasteiger partial charge is 0.459 e. The van der Waals surface area contributed by atoms with Gasteiger partial charge in [0.25, 0.3) is 5.69 Å². The molecule has 6 heteroatoms. The van der Waals surface area contributed by atoms with Gasteiger partial charge in [0.1, 0.15) is 11.7 Å². The Hall–Kier alpha value is -2.50. The molecule has 1 aliphatic carbocycles. The Morgan fingerprint density at radius 2 is 2.00 bits per heavy atom. The maximum atomic E-state index is 12.2. The van der Waals surface area contributed by atoms with Crippen LogP contribution in [-0.4, -0.2) is 22.8 Å². The number of para-hydroxylation sites is 1. The summed E-state index contributed by atoms with van der Waals surface area (Å²) in [4.78, 5) is 34.1. The van der Waals surface area contributed by atoms with Crippen LogP contribution in [0.4, 0.5) is 5.69 Å². The molecule has 0 heterocycles. The molecule has 0 bridgehead atoms. The van der Waals surface area contributed by atoms with Gasteiger partial charge in [0, 0.05) is 12.5 Å². The highest BCUT2D eigenvalue weighted by Crippen LogP contribution is 2.22. The zero-order valence-electron chi connectivity index (χ0n) is 12.8. The summed E-state index contributed by atoms with van der Waals surface area (Å²) in [5.41, 5.74) is -0.275. The van der Waals surface area contributed by atoms with Gasteiger partial charge in [-0.3, -0.25) is 14.9 Å². The van der Waals surface area contributed by atoms with Gasteiger partial charge in [0.15, 0.2) is 5.78 Å². The van der Waals surface area contributed by atoms with Crippen molar-refractivity contribution in [2.45, 2.75) is 44.6 Å². The van der Waals surface area contributed by atoms with Crippen molar-refractivity contribution in [2.75, 3.05) is 0 Å². The van der Waals surface area contributed by atoms with Crippen LogP contribution in [0.3, 0.4) is 0 Å². The molecule has 1 aromatic carbocycles. The lowest BCUT2D eigenvalue weighted by Crippen LogP contribution is -2.19. The number of carbonyl (C=O) groups excluding carboxylic acids is 2. The second-order valence-corrected chi connectivity index (χ2v) is 5.49. The molecule has 1 atom stereocenters. The Morgan fingerprint density at radius 3 is 2.78 bits per heavy atom. The third-order valence-electron chi connectivity index (χ3n) is 3.75. The average Bonchev–Trinajstić information content (AvgIpc) is 2.55. The minimum absolute atomic E-state index is 0.0275. The predicted molar refractivity (Wildman–Crippen MR) is 84.1 cm³/mol. The Morgan fingerprint density at radius 1 is 1.22 bits per heavy atom. The number of nitro groups is 1. The van der Waals surface area contributed by atoms with E-state index < -0.39 is 10.9 Å². The molecule has 1 unspecified atom stereocenters. The van der Waals surface area contributed by atoms with Crippen LogP contribution >= 0.6 is 0 Å². The lowest BCUT2D eigenvalue weighted by molar-refractivity contribution is -0.385. The molecule has 122 valence electrons. The van der Waals surface area contributed by atoms with Gasteiger partial charge in [-0.2, -0.15) is 0 Å². The molecule has 0 saturated heterocycles. The first-order valence-corrected chi connectivity index (χ1v) is 7.71. The number of ketones is 1. The number of nitrogens with zero attached hydrogens (tertiary/aromatic N) is 1. The number of nitro benzene ring substituents is 1. The Labute approximate surface area is 134 Å². The van der Waals surface area contributed by atoms with Crippen molar-refractivity contribution < 1.29 is 19.2 Å². The highest BCUT2D eigenvalue weighted by atomic mass is 16.6. The monoisotopic (exact) mass is 317 g/mol. The third-order valence-corrected chi connectivity index (χ3v) is 3.75. The maximum Gasteiger partial charge on any atom is 0.345 e. The van der Waals surface area contributed by atoms with Crippen molar-refractivity contribution in [1.29, 1.82) is 0 Å². The number of esters is 1. The van der Waals surface area contributed by atoms with Gasteiger partial charge < -0.3 is 4.74 Å². The number of benzene rings is 1. The van der Waals surface area contributed by atoms with E-state index in [2.05, 4.69) is 0 Å². The number of allylic oxidation sites excluding steroid dienone is 2. The summed E-state index contributed by atoms with van der Waals surface area (Å²) in [6.45, 7) is 0. The predicted octanol–water partition coefficient (Wildman–Crippen LogP) is 3.60. The average molecular weight is 317 g/mol. The lowest BCUT2D eigenvalue weighted by Gasteiger charge is -2.18. The Kier molecular flexibility index (Phi) is 6.02. The molecular formula is C17H19NO5. The molecule has 6 nitrogen and oxygen atoms in total. The second-order valence-electron chi connectivity index (χ2n) is 5.49. The third kappa shape index (κ3) is 5.02. The Balaban J connectivity index is 2.05. The van der Waals surface area contributed by atoms with Gasteiger partial charge in [-0.05, 0) is 44.2 Å². The molecule has 1 aliphatic rings. The van der Waals surface area contributed by atoms with Crippen molar-refractivity contribution in [2.24, 2.45) is 0 Å². The Bertz CT molecular complexity index is 623. The van der Waals surface area contributed by atoms with Crippen LogP contribution in [-0.2, 0) is 9.53 Å². The zero-order chi connectivity index (χ0) is 16.7. The molecule has 0 aromatic heterocycles. The quantitative estimate of drug-likeness (QED) is 0.483. The molecule has 0 aliphatic heterocycles. The highest BCUT2D eigenvalue weighted by Gasteiger charge is 2.23. The van der Waals surface area contributed by atoms with Crippen molar-refractivity contribution >= 4 is 17.4 Å². The molecule has 1 aromatic rings. The van der Waals surface area contributed by atoms with E-state index in [4.69, 9.17) is 4.74 Å². The van der Waals surface area contributed by atoms with Crippen molar-refractivity contribution in [3.8, 4) is 0 Å². The summed E-state index contributed by atoms with van der Waals surface area (Å²) in [5, 5.41) is 11.0. The standard InChI is InChI=1S/C17H19NO5/c19-13-7-1-3-9-14(10-4-2-8-13)23-17(20)15-11-5-6-12-16(15)18(21)22/h1,5-7,11-12,14H,2-4,8-10H2/b7-1-. The maximum absolute atomic E-state index is 12.2. The van der Waals surface area contributed by atoms with Gasteiger partial charge in [-0.15, -0.1) is 0 Å². The summed E-state index contributed by atoms with van der Waals surface area (Å²) in [7, 11) is 0. The summed E-state index contributed by atoms with van der Waals surface area (Å²) in [6, 6.07) is 5.78. The molecule has 0 spiro atoms. The van der Waals surface area contributed by atoms with Gasteiger partial charge in [0.05, 0.1) is 4.92 Å². The molecule has 0 saturated carbocycles. The number of rotatable bonds is 3. The minimum atomic E-state index is -0.667. The SMILES string of the molecule is O=C1/C=C\CCC(OC(=O)c2ccccc2[N+](=O)[O-])CCCC1. The van der Waals surface area contributed by atoms with E-state index in [0.717, 1.165) is 12.8 Å². The van der Waals surface area contributed by atoms with Gasteiger partial charge in [-0.25, -0.2) is 4.79 Å².